The zero-order valence-corrected chi connectivity index (χ0v) is 18.4. The summed E-state index contributed by atoms with van der Waals surface area (Å²) < 4.78 is 14.0. The second-order valence-corrected chi connectivity index (χ2v) is 8.58. The van der Waals surface area contributed by atoms with E-state index in [4.69, 9.17) is 5.26 Å². The van der Waals surface area contributed by atoms with Gasteiger partial charge in [0, 0.05) is 23.5 Å². The largest absolute Gasteiger partial charge is 0.505 e. The van der Waals surface area contributed by atoms with Crippen LogP contribution in [0.5, 0.6) is 5.75 Å². The van der Waals surface area contributed by atoms with E-state index in [1.165, 1.54) is 12.1 Å². The standard InChI is InChI=1S/C25H25FN6O/c1-2-16-10-23(33)21(26)11-20(16)17-3-4-19-22(9-17)30-31-24(19)25-28-13-18(29-25)14-32-7-5-15(12-27)6-8-32/h3-4,9-11,13,15,33H,2,5-8,14H2,1H3,(H,28,29)(H,30,31). The number of aromatic nitrogens is 4. The number of H-pyrrole nitrogens is 2. The van der Waals surface area contributed by atoms with Gasteiger partial charge in [-0.25, -0.2) is 9.37 Å². The van der Waals surface area contributed by atoms with Crippen molar-refractivity contribution in [3.63, 3.8) is 0 Å². The fraction of sp³-hybridized carbons (Fsp3) is 0.320. The van der Waals surface area contributed by atoms with Gasteiger partial charge >= 0.3 is 0 Å². The van der Waals surface area contributed by atoms with Crippen molar-refractivity contribution < 1.29 is 9.50 Å². The molecule has 33 heavy (non-hydrogen) atoms. The van der Waals surface area contributed by atoms with Crippen molar-refractivity contribution in [2.75, 3.05) is 13.1 Å². The molecule has 2 aromatic heterocycles. The molecule has 168 valence electrons. The topological polar surface area (TPSA) is 105 Å². The number of likely N-dealkylation sites (tertiary alicyclic amines) is 1. The Bertz CT molecular complexity index is 1340. The third-order valence-corrected chi connectivity index (χ3v) is 6.44. The number of nitrogens with one attached hydrogen (secondary N) is 2. The van der Waals surface area contributed by atoms with Gasteiger partial charge in [-0.15, -0.1) is 0 Å². The average molecular weight is 445 g/mol. The van der Waals surface area contributed by atoms with Gasteiger partial charge in [0.25, 0.3) is 0 Å². The third-order valence-electron chi connectivity index (χ3n) is 6.44. The van der Waals surface area contributed by atoms with Crippen LogP contribution in [0.3, 0.4) is 0 Å². The van der Waals surface area contributed by atoms with E-state index in [9.17, 15) is 9.50 Å². The Kier molecular flexibility index (Phi) is 5.56. The van der Waals surface area contributed by atoms with Crippen molar-refractivity contribution in [3.8, 4) is 34.5 Å². The van der Waals surface area contributed by atoms with Crippen LogP contribution >= 0.6 is 0 Å². The summed E-state index contributed by atoms with van der Waals surface area (Å²) in [6.07, 6.45) is 4.34. The van der Waals surface area contributed by atoms with E-state index in [0.717, 1.165) is 71.5 Å². The number of hydrogen-bond acceptors (Lipinski definition) is 5. The summed E-state index contributed by atoms with van der Waals surface area (Å²) in [5.41, 5.74) is 5.07. The molecule has 1 aliphatic rings. The van der Waals surface area contributed by atoms with E-state index in [0.29, 0.717) is 12.2 Å². The number of nitrogens with zero attached hydrogens (tertiary/aromatic N) is 4. The Balaban J connectivity index is 1.39. The molecule has 0 atom stereocenters. The fourth-order valence-corrected chi connectivity index (χ4v) is 4.55. The molecule has 8 heteroatoms. The molecule has 2 aromatic carbocycles. The number of imidazole rings is 1. The molecule has 7 nitrogen and oxygen atoms in total. The zero-order valence-electron chi connectivity index (χ0n) is 18.4. The number of hydrogen-bond donors (Lipinski definition) is 3. The van der Waals surface area contributed by atoms with E-state index in [1.807, 2.05) is 31.3 Å². The molecule has 1 fully saturated rings. The monoisotopic (exact) mass is 444 g/mol. The second kappa shape index (κ2) is 8.68. The number of aromatic hydroxyl groups is 1. The summed E-state index contributed by atoms with van der Waals surface area (Å²) in [6.45, 7) is 4.57. The molecule has 0 aliphatic carbocycles. The molecule has 0 bridgehead atoms. The predicted molar refractivity (Wildman–Crippen MR) is 124 cm³/mol. The maximum Gasteiger partial charge on any atom is 0.165 e. The molecular weight excluding hydrogens is 419 g/mol. The Hall–Kier alpha value is -3.70. The number of aryl methyl sites for hydroxylation is 1. The van der Waals surface area contributed by atoms with Gasteiger partial charge in [-0.3, -0.25) is 10.00 Å². The lowest BCUT2D eigenvalue weighted by atomic mass is 9.96. The van der Waals surface area contributed by atoms with Gasteiger partial charge in [-0.2, -0.15) is 10.4 Å². The Morgan fingerprint density at radius 3 is 2.82 bits per heavy atom. The Morgan fingerprint density at radius 2 is 2.06 bits per heavy atom. The van der Waals surface area contributed by atoms with Crippen LogP contribution in [0.25, 0.3) is 33.5 Å². The van der Waals surface area contributed by atoms with Gasteiger partial charge in [0.1, 0.15) is 5.69 Å². The van der Waals surface area contributed by atoms with Gasteiger partial charge in [-0.05, 0) is 73.3 Å². The summed E-state index contributed by atoms with van der Waals surface area (Å²) in [6, 6.07) is 11.1. The number of fused-ring (bicyclic) bond motifs is 1. The minimum atomic E-state index is -0.632. The lowest BCUT2D eigenvalue weighted by Crippen LogP contribution is -2.32. The smallest absolute Gasteiger partial charge is 0.165 e. The van der Waals surface area contributed by atoms with Crippen molar-refractivity contribution in [2.45, 2.75) is 32.7 Å². The lowest BCUT2D eigenvalue weighted by molar-refractivity contribution is 0.196. The van der Waals surface area contributed by atoms with Gasteiger partial charge in [0.2, 0.25) is 0 Å². The number of aromatic amines is 2. The van der Waals surface area contributed by atoms with Crippen molar-refractivity contribution in [2.24, 2.45) is 5.92 Å². The first-order valence-electron chi connectivity index (χ1n) is 11.2. The van der Waals surface area contributed by atoms with Crippen molar-refractivity contribution in [1.82, 2.24) is 25.1 Å². The number of phenols is 1. The third kappa shape index (κ3) is 4.08. The van der Waals surface area contributed by atoms with E-state index >= 15 is 0 Å². The number of piperidine rings is 1. The summed E-state index contributed by atoms with van der Waals surface area (Å²) in [5.74, 6) is -0.0951. The molecule has 0 radical (unpaired) electrons. The summed E-state index contributed by atoms with van der Waals surface area (Å²) in [4.78, 5) is 10.3. The predicted octanol–water partition coefficient (Wildman–Crippen LogP) is 4.76. The molecule has 3 heterocycles. The van der Waals surface area contributed by atoms with Gasteiger partial charge in [-0.1, -0.05) is 13.0 Å². The maximum atomic E-state index is 14.0. The highest BCUT2D eigenvalue weighted by Gasteiger charge is 2.20. The molecular formula is C25H25FN6O. The Morgan fingerprint density at radius 1 is 1.24 bits per heavy atom. The molecule has 0 unspecified atom stereocenters. The van der Waals surface area contributed by atoms with Crippen molar-refractivity contribution >= 4 is 10.9 Å². The van der Waals surface area contributed by atoms with Crippen LogP contribution in [0.1, 0.15) is 31.0 Å². The van der Waals surface area contributed by atoms with Crippen LogP contribution in [-0.4, -0.2) is 43.3 Å². The van der Waals surface area contributed by atoms with Gasteiger partial charge < -0.3 is 10.1 Å². The maximum absolute atomic E-state index is 14.0. The molecule has 4 aromatic rings. The molecule has 0 spiro atoms. The first-order valence-corrected chi connectivity index (χ1v) is 11.2. The van der Waals surface area contributed by atoms with Crippen molar-refractivity contribution in [3.05, 3.63) is 53.6 Å². The summed E-state index contributed by atoms with van der Waals surface area (Å²) >= 11 is 0. The molecule has 0 amide bonds. The van der Waals surface area contributed by atoms with E-state index in [-0.39, 0.29) is 11.7 Å². The SMILES string of the molecule is CCc1cc(O)c(F)cc1-c1ccc2c(-c3ncc(CN4CCC(C#N)CC4)[nH]3)n[nH]c2c1. The molecule has 3 N–H and O–H groups in total. The van der Waals surface area contributed by atoms with Crippen LogP contribution in [0, 0.1) is 23.1 Å². The quantitative estimate of drug-likeness (QED) is 0.412. The van der Waals surface area contributed by atoms with Gasteiger partial charge in [0.15, 0.2) is 17.4 Å². The second-order valence-electron chi connectivity index (χ2n) is 8.58. The molecule has 5 rings (SSSR count). The first kappa shape index (κ1) is 21.2. The zero-order chi connectivity index (χ0) is 22.9. The number of phenolic OH excluding ortho intramolecular Hbond substituents is 1. The highest BCUT2D eigenvalue weighted by Crippen LogP contribution is 2.33. The summed E-state index contributed by atoms with van der Waals surface area (Å²) in [5, 5.41) is 27.3. The van der Waals surface area contributed by atoms with Gasteiger partial charge in [0.05, 0.1) is 17.8 Å². The van der Waals surface area contributed by atoms with Crippen molar-refractivity contribution in [1.29, 1.82) is 5.26 Å². The van der Waals surface area contributed by atoms with E-state index in [1.54, 1.807) is 0 Å². The number of benzene rings is 2. The molecule has 0 saturated carbocycles. The Labute approximate surface area is 190 Å². The van der Waals surface area contributed by atoms with Crippen LogP contribution in [0.2, 0.25) is 0 Å². The summed E-state index contributed by atoms with van der Waals surface area (Å²) in [7, 11) is 0. The van der Waals surface area contributed by atoms with E-state index < -0.39 is 5.82 Å². The minimum Gasteiger partial charge on any atom is -0.505 e. The fourth-order valence-electron chi connectivity index (χ4n) is 4.55. The normalized spacial score (nSPS) is 15.2. The lowest BCUT2D eigenvalue weighted by Gasteiger charge is -2.28. The van der Waals surface area contributed by atoms with Crippen LogP contribution < -0.4 is 0 Å². The first-order chi connectivity index (χ1) is 16.1. The van der Waals surface area contributed by atoms with Crippen LogP contribution in [0.4, 0.5) is 4.39 Å². The number of nitriles is 1. The number of rotatable bonds is 5. The number of halogens is 1. The van der Waals surface area contributed by atoms with E-state index in [2.05, 4.69) is 31.1 Å². The molecule has 1 aliphatic heterocycles. The van der Waals surface area contributed by atoms with Crippen LogP contribution in [-0.2, 0) is 13.0 Å². The minimum absolute atomic E-state index is 0.172. The highest BCUT2D eigenvalue weighted by molar-refractivity contribution is 5.94. The average Bonchev–Trinajstić information content (AvgIpc) is 3.47. The highest BCUT2D eigenvalue weighted by atomic mass is 19.1. The van der Waals surface area contributed by atoms with Crippen LogP contribution in [0.15, 0.2) is 36.5 Å². The molecule has 1 saturated heterocycles.